The molecule has 0 aliphatic heterocycles. The second-order valence-electron chi connectivity index (χ2n) is 20.6. The Kier molecular flexibility index (Phi) is 10.6. The van der Waals surface area contributed by atoms with Crippen molar-refractivity contribution in [3.05, 3.63) is 256 Å². The SMILES string of the molecule is CC1=CC(c2ccc(-c3cc(C4=CC(c5cccc6c5sc5ccccc56)CC(C)=C4)cc(C4C=C(C)C=C(c5cccc6c5sc5ccccc56)C4)c3)cc2)CC(c2cccc3c2sc2ccccc23)=C1. The van der Waals surface area contributed by atoms with Crippen LogP contribution in [0, 0.1) is 0 Å². The number of rotatable bonds is 7. The average molecular weight is 977 g/mol. The molecular weight excluding hydrogens is 925 g/mol. The maximum atomic E-state index is 2.58. The van der Waals surface area contributed by atoms with Gasteiger partial charge in [-0.3, -0.25) is 0 Å². The molecule has 346 valence electrons. The summed E-state index contributed by atoms with van der Waals surface area (Å²) in [5, 5.41) is 8.16. The molecule has 11 aromatic rings. The summed E-state index contributed by atoms with van der Waals surface area (Å²) in [6.07, 6.45) is 17.9. The summed E-state index contributed by atoms with van der Waals surface area (Å²) < 4.78 is 8.28. The number of benzene rings is 8. The first-order valence-electron chi connectivity index (χ1n) is 25.5. The fourth-order valence-electron chi connectivity index (χ4n) is 12.4. The largest absolute Gasteiger partial charge is 0.135 e. The lowest BCUT2D eigenvalue weighted by Gasteiger charge is -2.25. The van der Waals surface area contributed by atoms with E-state index in [1.54, 1.807) is 0 Å². The molecule has 3 aliphatic rings. The molecule has 0 radical (unpaired) electrons. The van der Waals surface area contributed by atoms with E-state index in [2.05, 4.69) is 227 Å². The number of allylic oxidation sites excluding steroid dienone is 12. The third-order valence-corrected chi connectivity index (χ3v) is 19.3. The first-order chi connectivity index (χ1) is 35.3. The molecule has 3 heteroatoms. The number of hydrogen-bond acceptors (Lipinski definition) is 3. The van der Waals surface area contributed by atoms with Crippen molar-refractivity contribution in [2.45, 2.75) is 57.8 Å². The molecule has 0 amide bonds. The van der Waals surface area contributed by atoms with Gasteiger partial charge in [-0.05, 0) is 126 Å². The molecule has 0 saturated heterocycles. The Morgan fingerprint density at radius 1 is 0.361 bits per heavy atom. The Bertz CT molecular complexity index is 4220. The molecule has 3 heterocycles. The third-order valence-electron chi connectivity index (χ3n) is 15.7. The van der Waals surface area contributed by atoms with E-state index in [-0.39, 0.29) is 11.8 Å². The fraction of sp³-hybridized carbons (Fsp3) is 0.130. The van der Waals surface area contributed by atoms with Crippen LogP contribution in [0.5, 0.6) is 0 Å². The first kappa shape index (κ1) is 43.6. The molecule has 0 spiro atoms. The molecular formula is C69H52S3. The van der Waals surface area contributed by atoms with Crippen molar-refractivity contribution in [2.24, 2.45) is 0 Å². The standard InChI is InChI=1S/C69H52S3/c1-41-29-46(38-52(32-41)55-16-10-19-61-58-13-4-7-22-64(58)70-67(55)61)44-25-27-45(28-26-44)49-35-50(47-30-42(2)33-53(39-47)56-17-11-20-62-59-14-5-8-23-65(59)71-68(56)62)37-51(36-49)48-31-43(3)34-54(40-48)57-18-12-21-63-60-15-6-9-24-66(60)72-69(57)63/h4-33,35-37,40,46-47,54H,34,38-39H2,1-3H3. The van der Waals surface area contributed by atoms with Crippen LogP contribution in [0.1, 0.15) is 91.2 Å². The summed E-state index contributed by atoms with van der Waals surface area (Å²) in [5.74, 6) is 0.827. The van der Waals surface area contributed by atoms with Crippen LogP contribution in [0.4, 0.5) is 0 Å². The van der Waals surface area contributed by atoms with Gasteiger partial charge >= 0.3 is 0 Å². The molecule has 3 atom stereocenters. The third kappa shape index (κ3) is 7.60. The van der Waals surface area contributed by atoms with E-state index < -0.39 is 0 Å². The van der Waals surface area contributed by atoms with Gasteiger partial charge in [0.25, 0.3) is 0 Å². The van der Waals surface area contributed by atoms with Crippen LogP contribution < -0.4 is 0 Å². The Balaban J connectivity index is 0.844. The maximum Gasteiger partial charge on any atom is 0.0430 e. The minimum absolute atomic E-state index is 0.232. The van der Waals surface area contributed by atoms with E-state index in [9.17, 15) is 0 Å². The first-order valence-corrected chi connectivity index (χ1v) is 27.9. The van der Waals surface area contributed by atoms with Gasteiger partial charge in [0.2, 0.25) is 0 Å². The lowest BCUT2D eigenvalue weighted by molar-refractivity contribution is 0.824. The molecule has 3 unspecified atom stereocenters. The van der Waals surface area contributed by atoms with Crippen molar-refractivity contribution in [3.63, 3.8) is 0 Å². The van der Waals surface area contributed by atoms with Gasteiger partial charge in [0.05, 0.1) is 0 Å². The predicted octanol–water partition coefficient (Wildman–Crippen LogP) is 21.0. The van der Waals surface area contributed by atoms with Gasteiger partial charge in [0.15, 0.2) is 0 Å². The van der Waals surface area contributed by atoms with Gasteiger partial charge < -0.3 is 0 Å². The highest BCUT2D eigenvalue weighted by Gasteiger charge is 2.25. The van der Waals surface area contributed by atoms with E-state index in [4.69, 9.17) is 0 Å². The molecule has 0 saturated carbocycles. The van der Waals surface area contributed by atoms with Gasteiger partial charge in [0, 0.05) is 78.3 Å². The smallest absolute Gasteiger partial charge is 0.0430 e. The van der Waals surface area contributed by atoms with Gasteiger partial charge in [-0.15, -0.1) is 34.0 Å². The summed E-state index contributed by atoms with van der Waals surface area (Å²) in [7, 11) is 0. The molecule has 3 aromatic heterocycles. The number of fused-ring (bicyclic) bond motifs is 9. The highest BCUT2D eigenvalue weighted by molar-refractivity contribution is 7.27. The number of hydrogen-bond donors (Lipinski definition) is 0. The van der Waals surface area contributed by atoms with Crippen LogP contribution in [0.2, 0.25) is 0 Å². The minimum Gasteiger partial charge on any atom is -0.135 e. The fourth-order valence-corrected chi connectivity index (χ4v) is 16.1. The second kappa shape index (κ2) is 17.6. The molecule has 3 aliphatic carbocycles. The zero-order valence-electron chi connectivity index (χ0n) is 40.7. The highest BCUT2D eigenvalue weighted by atomic mass is 32.1. The minimum atomic E-state index is 0.232. The van der Waals surface area contributed by atoms with Crippen molar-refractivity contribution < 1.29 is 0 Å². The van der Waals surface area contributed by atoms with Crippen molar-refractivity contribution in [1.29, 1.82) is 0 Å². The molecule has 8 aromatic carbocycles. The summed E-state index contributed by atoms with van der Waals surface area (Å²) in [4.78, 5) is 0. The van der Waals surface area contributed by atoms with E-state index in [0.29, 0.717) is 5.92 Å². The molecule has 72 heavy (non-hydrogen) atoms. The average Bonchev–Trinajstić information content (AvgIpc) is 4.12. The van der Waals surface area contributed by atoms with Crippen LogP contribution in [0.3, 0.4) is 0 Å². The van der Waals surface area contributed by atoms with E-state index in [1.807, 2.05) is 34.0 Å². The maximum absolute atomic E-state index is 2.58. The zero-order valence-corrected chi connectivity index (χ0v) is 43.2. The normalized spacial score (nSPS) is 18.4. The van der Waals surface area contributed by atoms with Gasteiger partial charge in [-0.1, -0.05) is 199 Å². The number of thiophene rings is 3. The van der Waals surface area contributed by atoms with E-state index in [0.717, 1.165) is 19.3 Å². The Labute approximate surface area is 433 Å². The predicted molar refractivity (Wildman–Crippen MR) is 317 cm³/mol. The van der Waals surface area contributed by atoms with Crippen molar-refractivity contribution >= 4 is 111 Å². The lowest BCUT2D eigenvalue weighted by atomic mass is 9.79. The topological polar surface area (TPSA) is 0 Å². The van der Waals surface area contributed by atoms with Crippen LogP contribution >= 0.6 is 34.0 Å². The van der Waals surface area contributed by atoms with Gasteiger partial charge in [-0.25, -0.2) is 0 Å². The highest BCUT2D eigenvalue weighted by Crippen LogP contribution is 2.48. The molecule has 0 N–H and O–H groups in total. The monoisotopic (exact) mass is 976 g/mol. The molecule has 0 bridgehead atoms. The van der Waals surface area contributed by atoms with Crippen LogP contribution in [0.15, 0.2) is 223 Å². The van der Waals surface area contributed by atoms with Gasteiger partial charge in [0.1, 0.15) is 0 Å². The van der Waals surface area contributed by atoms with Crippen LogP contribution in [0.25, 0.3) is 88.4 Å². The van der Waals surface area contributed by atoms with Crippen LogP contribution in [-0.4, -0.2) is 0 Å². The Morgan fingerprint density at radius 3 is 1.43 bits per heavy atom. The van der Waals surface area contributed by atoms with Crippen molar-refractivity contribution in [2.75, 3.05) is 0 Å². The lowest BCUT2D eigenvalue weighted by Crippen LogP contribution is -2.06. The summed E-state index contributed by atoms with van der Waals surface area (Å²) in [5.41, 5.74) is 19.0. The molecule has 14 rings (SSSR count). The van der Waals surface area contributed by atoms with E-state index >= 15 is 0 Å². The van der Waals surface area contributed by atoms with Crippen molar-refractivity contribution in [1.82, 2.24) is 0 Å². The summed E-state index contributed by atoms with van der Waals surface area (Å²) in [6.45, 7) is 6.90. The van der Waals surface area contributed by atoms with E-state index in [1.165, 1.54) is 138 Å². The second-order valence-corrected chi connectivity index (χ2v) is 23.7. The Hall–Kier alpha value is -7.14. The van der Waals surface area contributed by atoms with Gasteiger partial charge in [-0.2, -0.15) is 0 Å². The Morgan fingerprint density at radius 2 is 0.847 bits per heavy atom. The zero-order chi connectivity index (χ0) is 48.0. The molecule has 0 nitrogen and oxygen atoms in total. The quantitative estimate of drug-likeness (QED) is 0.149. The summed E-state index contributed by atoms with van der Waals surface area (Å²) >= 11 is 5.81. The van der Waals surface area contributed by atoms with Crippen molar-refractivity contribution in [3.8, 4) is 11.1 Å². The molecule has 0 fully saturated rings. The van der Waals surface area contributed by atoms with Crippen LogP contribution in [-0.2, 0) is 0 Å². The summed E-state index contributed by atoms with van der Waals surface area (Å²) in [6, 6.07) is 64.5.